The van der Waals surface area contributed by atoms with Gasteiger partial charge < -0.3 is 15.2 Å². The molecule has 2 N–H and O–H groups in total. The predicted octanol–water partition coefficient (Wildman–Crippen LogP) is 0.560. The number of amides is 1. The van der Waals surface area contributed by atoms with E-state index in [1.165, 1.54) is 0 Å². The van der Waals surface area contributed by atoms with Gasteiger partial charge >= 0.3 is 5.97 Å². The summed E-state index contributed by atoms with van der Waals surface area (Å²) in [7, 11) is 1.66. The molecule has 0 aromatic carbocycles. The molecule has 1 fully saturated rings. The lowest BCUT2D eigenvalue weighted by molar-refractivity contribution is -0.131. The highest BCUT2D eigenvalue weighted by Crippen LogP contribution is 2.48. The lowest BCUT2D eigenvalue weighted by Gasteiger charge is -2.14. The van der Waals surface area contributed by atoms with E-state index >= 15 is 0 Å². The van der Waals surface area contributed by atoms with Crippen LogP contribution in [0.15, 0.2) is 12.2 Å². The lowest BCUT2D eigenvalue weighted by atomic mass is 10.0. The molecule has 90 valence electrons. The van der Waals surface area contributed by atoms with Gasteiger partial charge in [0.2, 0.25) is 5.91 Å². The van der Waals surface area contributed by atoms with Gasteiger partial charge in [0.15, 0.2) is 0 Å². The summed E-state index contributed by atoms with van der Waals surface area (Å²) in [6, 6.07) is 0. The van der Waals surface area contributed by atoms with E-state index in [4.69, 9.17) is 9.84 Å². The lowest BCUT2D eigenvalue weighted by Crippen LogP contribution is -2.29. The zero-order valence-electron chi connectivity index (χ0n) is 9.36. The molecule has 0 aliphatic heterocycles. The van der Waals surface area contributed by atoms with Crippen LogP contribution in [0.25, 0.3) is 0 Å². The van der Waals surface area contributed by atoms with Crippen LogP contribution in [-0.4, -0.2) is 37.2 Å². The first kappa shape index (κ1) is 12.7. The number of hydrogen-bond donors (Lipinski definition) is 2. The van der Waals surface area contributed by atoms with Crippen LogP contribution in [0.3, 0.4) is 0 Å². The Morgan fingerprint density at radius 2 is 2.12 bits per heavy atom. The summed E-state index contributed by atoms with van der Waals surface area (Å²) in [4.78, 5) is 21.4. The standard InChI is InChI=1S/C11H17NO4/c1-16-7-6-11(4-5-11)8-12-9(13)2-3-10(14)15/h2-3H,4-8H2,1H3,(H,12,13)(H,14,15)/b3-2+. The number of carbonyl (C=O) groups is 2. The van der Waals surface area contributed by atoms with E-state index in [-0.39, 0.29) is 11.3 Å². The fraction of sp³-hybridized carbons (Fsp3) is 0.636. The van der Waals surface area contributed by atoms with Crippen molar-refractivity contribution in [1.29, 1.82) is 0 Å². The minimum atomic E-state index is -1.12. The third kappa shape index (κ3) is 4.44. The van der Waals surface area contributed by atoms with Crippen LogP contribution in [0.5, 0.6) is 0 Å². The summed E-state index contributed by atoms with van der Waals surface area (Å²) in [6.45, 7) is 1.29. The minimum absolute atomic E-state index is 0.183. The number of carboxylic acids is 1. The quantitative estimate of drug-likeness (QED) is 0.623. The fourth-order valence-electron chi connectivity index (χ4n) is 1.49. The van der Waals surface area contributed by atoms with Gasteiger partial charge in [-0.2, -0.15) is 0 Å². The summed E-state index contributed by atoms with van der Waals surface area (Å²) in [5, 5.41) is 11.0. The van der Waals surface area contributed by atoms with Crippen LogP contribution in [0, 0.1) is 5.41 Å². The smallest absolute Gasteiger partial charge is 0.328 e. The van der Waals surface area contributed by atoms with E-state index in [9.17, 15) is 9.59 Å². The van der Waals surface area contributed by atoms with Gasteiger partial charge in [-0.1, -0.05) is 0 Å². The van der Waals surface area contributed by atoms with E-state index in [0.717, 1.165) is 31.4 Å². The average Bonchev–Trinajstić information content (AvgIpc) is 3.01. The molecular formula is C11H17NO4. The number of methoxy groups -OCH3 is 1. The molecule has 0 bridgehead atoms. The van der Waals surface area contributed by atoms with Crippen LogP contribution >= 0.6 is 0 Å². The Morgan fingerprint density at radius 3 is 2.62 bits per heavy atom. The Balaban J connectivity index is 2.24. The van der Waals surface area contributed by atoms with Crippen molar-refractivity contribution in [2.75, 3.05) is 20.3 Å². The Morgan fingerprint density at radius 1 is 1.44 bits per heavy atom. The molecule has 0 heterocycles. The minimum Gasteiger partial charge on any atom is -0.478 e. The normalized spacial score (nSPS) is 17.3. The van der Waals surface area contributed by atoms with Crippen LogP contribution in [0.1, 0.15) is 19.3 Å². The highest BCUT2D eigenvalue weighted by molar-refractivity contribution is 5.93. The van der Waals surface area contributed by atoms with Gasteiger partial charge in [0.1, 0.15) is 0 Å². The van der Waals surface area contributed by atoms with Crippen molar-refractivity contribution in [3.8, 4) is 0 Å². The summed E-state index contributed by atoms with van der Waals surface area (Å²) in [6.07, 6.45) is 5.00. The van der Waals surface area contributed by atoms with Crippen molar-refractivity contribution < 1.29 is 19.4 Å². The number of aliphatic carboxylic acids is 1. The van der Waals surface area contributed by atoms with Gasteiger partial charge in [0.05, 0.1) is 0 Å². The van der Waals surface area contributed by atoms with E-state index < -0.39 is 5.97 Å². The highest BCUT2D eigenvalue weighted by Gasteiger charge is 2.41. The predicted molar refractivity (Wildman–Crippen MR) is 57.9 cm³/mol. The Bertz CT molecular complexity index is 294. The Hall–Kier alpha value is -1.36. The monoisotopic (exact) mass is 227 g/mol. The van der Waals surface area contributed by atoms with Crippen molar-refractivity contribution >= 4 is 11.9 Å². The molecule has 0 saturated heterocycles. The molecule has 0 spiro atoms. The van der Waals surface area contributed by atoms with E-state index in [2.05, 4.69) is 5.32 Å². The van der Waals surface area contributed by atoms with E-state index in [0.29, 0.717) is 13.2 Å². The summed E-state index contributed by atoms with van der Waals surface area (Å²) < 4.78 is 5.00. The molecule has 1 amide bonds. The summed E-state index contributed by atoms with van der Waals surface area (Å²) >= 11 is 0. The first-order chi connectivity index (χ1) is 7.58. The molecule has 1 aliphatic carbocycles. The number of hydrogen-bond acceptors (Lipinski definition) is 3. The Labute approximate surface area is 94.5 Å². The summed E-state index contributed by atoms with van der Waals surface area (Å²) in [5.74, 6) is -1.47. The molecule has 0 aromatic rings. The third-order valence-electron chi connectivity index (χ3n) is 2.81. The van der Waals surface area contributed by atoms with Gasteiger partial charge in [-0.3, -0.25) is 4.79 Å². The van der Waals surface area contributed by atoms with Gasteiger partial charge in [0.25, 0.3) is 0 Å². The molecular weight excluding hydrogens is 210 g/mol. The fourth-order valence-corrected chi connectivity index (χ4v) is 1.49. The van der Waals surface area contributed by atoms with Crippen LogP contribution in [0.4, 0.5) is 0 Å². The van der Waals surface area contributed by atoms with Gasteiger partial charge in [-0.05, 0) is 24.7 Å². The van der Waals surface area contributed by atoms with Crippen molar-refractivity contribution in [2.24, 2.45) is 5.41 Å². The second-order valence-corrected chi connectivity index (χ2v) is 4.13. The molecule has 1 aliphatic rings. The molecule has 0 radical (unpaired) electrons. The van der Waals surface area contributed by atoms with Crippen LogP contribution in [-0.2, 0) is 14.3 Å². The van der Waals surface area contributed by atoms with Crippen molar-refractivity contribution in [3.63, 3.8) is 0 Å². The molecule has 1 saturated carbocycles. The number of rotatable bonds is 7. The van der Waals surface area contributed by atoms with Crippen LogP contribution in [0.2, 0.25) is 0 Å². The highest BCUT2D eigenvalue weighted by atomic mass is 16.5. The van der Waals surface area contributed by atoms with Gasteiger partial charge in [0, 0.05) is 32.4 Å². The maximum absolute atomic E-state index is 11.2. The summed E-state index contributed by atoms with van der Waals surface area (Å²) in [5.41, 5.74) is 0.183. The molecule has 0 unspecified atom stereocenters. The third-order valence-corrected chi connectivity index (χ3v) is 2.81. The second-order valence-electron chi connectivity index (χ2n) is 4.13. The largest absolute Gasteiger partial charge is 0.478 e. The number of ether oxygens (including phenoxy) is 1. The topological polar surface area (TPSA) is 75.6 Å². The molecule has 1 rings (SSSR count). The van der Waals surface area contributed by atoms with E-state index in [1.54, 1.807) is 7.11 Å². The van der Waals surface area contributed by atoms with Crippen LogP contribution < -0.4 is 5.32 Å². The zero-order chi connectivity index (χ0) is 12.0. The van der Waals surface area contributed by atoms with Crippen molar-refractivity contribution in [3.05, 3.63) is 12.2 Å². The number of carbonyl (C=O) groups excluding carboxylic acids is 1. The second kappa shape index (κ2) is 5.65. The SMILES string of the molecule is COCCC1(CNC(=O)/C=C/C(=O)O)CC1. The maximum Gasteiger partial charge on any atom is 0.328 e. The molecule has 5 heteroatoms. The van der Waals surface area contributed by atoms with Crippen molar-refractivity contribution in [1.82, 2.24) is 5.32 Å². The molecule has 16 heavy (non-hydrogen) atoms. The first-order valence-corrected chi connectivity index (χ1v) is 5.26. The van der Waals surface area contributed by atoms with E-state index in [1.807, 2.05) is 0 Å². The number of carboxylic acid groups (broad SMARTS) is 1. The number of nitrogens with one attached hydrogen (secondary N) is 1. The molecule has 5 nitrogen and oxygen atoms in total. The first-order valence-electron chi connectivity index (χ1n) is 5.26. The Kier molecular flexibility index (Phi) is 4.49. The molecule has 0 atom stereocenters. The average molecular weight is 227 g/mol. The van der Waals surface area contributed by atoms with Gasteiger partial charge in [-0.15, -0.1) is 0 Å². The zero-order valence-corrected chi connectivity index (χ0v) is 9.36. The van der Waals surface area contributed by atoms with Crippen molar-refractivity contribution in [2.45, 2.75) is 19.3 Å². The maximum atomic E-state index is 11.2. The molecule has 0 aromatic heterocycles. The van der Waals surface area contributed by atoms with Gasteiger partial charge in [-0.25, -0.2) is 4.79 Å².